The third kappa shape index (κ3) is 3.73. The first kappa shape index (κ1) is 12.9. The highest BCUT2D eigenvalue weighted by atomic mass is 32.2. The maximum atomic E-state index is 11.9. The van der Waals surface area contributed by atoms with Crippen molar-refractivity contribution in [2.75, 3.05) is 11.5 Å². The van der Waals surface area contributed by atoms with Crippen LogP contribution in [0.3, 0.4) is 0 Å². The van der Waals surface area contributed by atoms with Gasteiger partial charge in [-0.15, -0.1) is 0 Å². The highest BCUT2D eigenvalue weighted by Gasteiger charge is 2.22. The molecule has 1 aliphatic rings. The summed E-state index contributed by atoms with van der Waals surface area (Å²) >= 11 is 1.62. The number of rotatable bonds is 3. The Hall–Kier alpha value is -1.56. The summed E-state index contributed by atoms with van der Waals surface area (Å²) in [4.78, 5) is 27.2. The predicted molar refractivity (Wildman–Crippen MR) is 70.0 cm³/mol. The molecule has 2 amide bonds. The van der Waals surface area contributed by atoms with E-state index in [-0.39, 0.29) is 11.8 Å². The van der Waals surface area contributed by atoms with E-state index in [9.17, 15) is 9.59 Å². The van der Waals surface area contributed by atoms with Crippen molar-refractivity contribution in [3.63, 3.8) is 0 Å². The zero-order valence-corrected chi connectivity index (χ0v) is 10.7. The number of aromatic nitrogens is 1. The second-order valence-electron chi connectivity index (χ2n) is 4.02. The molecule has 1 atom stereocenters. The lowest BCUT2D eigenvalue weighted by Crippen LogP contribution is -2.47. The molecule has 0 aromatic carbocycles. The van der Waals surface area contributed by atoms with E-state index >= 15 is 0 Å². The van der Waals surface area contributed by atoms with Crippen LogP contribution in [0.4, 0.5) is 0 Å². The first-order valence-corrected chi connectivity index (χ1v) is 6.95. The highest BCUT2D eigenvalue weighted by Crippen LogP contribution is 2.09. The first-order valence-electron chi connectivity index (χ1n) is 5.79. The molecule has 0 saturated carbocycles. The summed E-state index contributed by atoms with van der Waals surface area (Å²) in [6, 6.07) is 3.29. The Kier molecular flexibility index (Phi) is 4.58. The van der Waals surface area contributed by atoms with Gasteiger partial charge in [-0.3, -0.25) is 14.6 Å². The van der Waals surface area contributed by atoms with Crippen molar-refractivity contribution in [3.05, 3.63) is 30.1 Å². The molecule has 0 aliphatic carbocycles. The molecule has 1 fully saturated rings. The van der Waals surface area contributed by atoms with Gasteiger partial charge in [0.25, 0.3) is 0 Å². The van der Waals surface area contributed by atoms with Crippen LogP contribution >= 0.6 is 11.8 Å². The van der Waals surface area contributed by atoms with Gasteiger partial charge in [0.2, 0.25) is 11.8 Å². The van der Waals surface area contributed by atoms with E-state index in [0.717, 1.165) is 11.3 Å². The minimum atomic E-state index is -0.429. The van der Waals surface area contributed by atoms with Crippen LogP contribution in [0.15, 0.2) is 24.5 Å². The van der Waals surface area contributed by atoms with Gasteiger partial charge < -0.3 is 10.6 Å². The van der Waals surface area contributed by atoms with Crippen molar-refractivity contribution in [2.24, 2.45) is 0 Å². The van der Waals surface area contributed by atoms with Gasteiger partial charge in [-0.1, -0.05) is 6.07 Å². The zero-order chi connectivity index (χ0) is 12.8. The summed E-state index contributed by atoms with van der Waals surface area (Å²) in [6.45, 7) is 0.434. The average Bonchev–Trinajstić information content (AvgIpc) is 2.62. The molecule has 2 rings (SSSR count). The molecule has 1 aliphatic heterocycles. The van der Waals surface area contributed by atoms with E-state index in [0.29, 0.717) is 18.7 Å². The molecule has 6 heteroatoms. The third-order valence-electron chi connectivity index (χ3n) is 2.60. The smallest absolute Gasteiger partial charge is 0.243 e. The monoisotopic (exact) mass is 265 g/mol. The van der Waals surface area contributed by atoms with Crippen LogP contribution in [0.1, 0.15) is 12.0 Å². The molecular weight excluding hydrogens is 250 g/mol. The first-order chi connectivity index (χ1) is 8.75. The van der Waals surface area contributed by atoms with Crippen molar-refractivity contribution in [2.45, 2.75) is 19.0 Å². The third-order valence-corrected chi connectivity index (χ3v) is 3.66. The Bertz CT molecular complexity index is 425. The van der Waals surface area contributed by atoms with Gasteiger partial charge in [0.1, 0.15) is 6.04 Å². The molecule has 2 N–H and O–H groups in total. The topological polar surface area (TPSA) is 71.1 Å². The fourth-order valence-corrected chi connectivity index (χ4v) is 2.60. The maximum Gasteiger partial charge on any atom is 0.243 e. The number of nitrogens with one attached hydrogen (secondary N) is 2. The molecule has 1 aromatic rings. The van der Waals surface area contributed by atoms with Gasteiger partial charge in [-0.05, 0) is 11.6 Å². The summed E-state index contributed by atoms with van der Waals surface area (Å²) < 4.78 is 0. The number of amides is 2. The molecule has 96 valence electrons. The van der Waals surface area contributed by atoms with Gasteiger partial charge in [0.15, 0.2) is 0 Å². The van der Waals surface area contributed by atoms with Crippen LogP contribution in [0.25, 0.3) is 0 Å². The lowest BCUT2D eigenvalue weighted by molar-refractivity contribution is -0.128. The minimum absolute atomic E-state index is 0.0541. The van der Waals surface area contributed by atoms with Gasteiger partial charge in [-0.2, -0.15) is 11.8 Å². The second kappa shape index (κ2) is 6.39. The number of hydrogen-bond acceptors (Lipinski definition) is 4. The quantitative estimate of drug-likeness (QED) is 0.825. The molecule has 0 radical (unpaired) electrons. The Morgan fingerprint density at radius 2 is 2.50 bits per heavy atom. The minimum Gasteiger partial charge on any atom is -0.350 e. The summed E-state index contributed by atoms with van der Waals surface area (Å²) in [7, 11) is 0. The summed E-state index contributed by atoms with van der Waals surface area (Å²) in [5.74, 6) is 1.21. The summed E-state index contributed by atoms with van der Waals surface area (Å²) in [5.41, 5.74) is 0.943. The molecule has 2 heterocycles. The molecule has 1 aromatic heterocycles. The van der Waals surface area contributed by atoms with Crippen molar-refractivity contribution in [3.8, 4) is 0 Å². The van der Waals surface area contributed by atoms with E-state index < -0.39 is 6.04 Å². The number of pyridine rings is 1. The van der Waals surface area contributed by atoms with E-state index in [4.69, 9.17) is 0 Å². The number of thioether (sulfide) groups is 1. The van der Waals surface area contributed by atoms with E-state index in [2.05, 4.69) is 15.6 Å². The van der Waals surface area contributed by atoms with Crippen LogP contribution in [-0.4, -0.2) is 34.3 Å². The predicted octanol–water partition coefficient (Wildman–Crippen LogP) is 0.319. The maximum absolute atomic E-state index is 11.9. The number of carbonyl (C=O) groups is 2. The largest absolute Gasteiger partial charge is 0.350 e. The van der Waals surface area contributed by atoms with Crippen LogP contribution in [0, 0.1) is 0 Å². The van der Waals surface area contributed by atoms with E-state index in [1.54, 1.807) is 24.2 Å². The van der Waals surface area contributed by atoms with Gasteiger partial charge >= 0.3 is 0 Å². The number of carbonyl (C=O) groups excluding carboxylic acids is 2. The van der Waals surface area contributed by atoms with Crippen LogP contribution in [0.2, 0.25) is 0 Å². The average molecular weight is 265 g/mol. The van der Waals surface area contributed by atoms with E-state index in [1.165, 1.54) is 0 Å². The Balaban J connectivity index is 1.85. The SMILES string of the molecule is O=C1CCSC[C@H](C(=O)NCc2cccnc2)N1. The van der Waals surface area contributed by atoms with Crippen LogP contribution in [-0.2, 0) is 16.1 Å². The van der Waals surface area contributed by atoms with Crippen molar-refractivity contribution >= 4 is 23.6 Å². The molecule has 0 spiro atoms. The van der Waals surface area contributed by atoms with Crippen LogP contribution in [0.5, 0.6) is 0 Å². The van der Waals surface area contributed by atoms with Crippen LogP contribution < -0.4 is 10.6 Å². The Morgan fingerprint density at radius 1 is 1.61 bits per heavy atom. The number of nitrogens with zero attached hydrogens (tertiary/aromatic N) is 1. The fourth-order valence-electron chi connectivity index (χ4n) is 1.63. The van der Waals surface area contributed by atoms with E-state index in [1.807, 2.05) is 12.1 Å². The van der Waals surface area contributed by atoms with Crippen molar-refractivity contribution in [1.29, 1.82) is 0 Å². The molecule has 18 heavy (non-hydrogen) atoms. The van der Waals surface area contributed by atoms with Gasteiger partial charge in [0, 0.05) is 36.9 Å². The standard InChI is InChI=1S/C12H15N3O2S/c16-11-3-5-18-8-10(15-11)12(17)14-7-9-2-1-4-13-6-9/h1-2,4,6,10H,3,5,7-8H2,(H,14,17)(H,15,16)/t10-/m1/s1. The summed E-state index contributed by atoms with van der Waals surface area (Å²) in [6.07, 6.45) is 3.88. The van der Waals surface area contributed by atoms with Crippen molar-refractivity contribution < 1.29 is 9.59 Å². The molecule has 5 nitrogen and oxygen atoms in total. The Morgan fingerprint density at radius 3 is 3.28 bits per heavy atom. The molecule has 0 bridgehead atoms. The zero-order valence-electron chi connectivity index (χ0n) is 9.89. The fraction of sp³-hybridized carbons (Fsp3) is 0.417. The van der Waals surface area contributed by atoms with Gasteiger partial charge in [0.05, 0.1) is 0 Å². The second-order valence-corrected chi connectivity index (χ2v) is 5.17. The lowest BCUT2D eigenvalue weighted by atomic mass is 10.2. The van der Waals surface area contributed by atoms with Crippen molar-refractivity contribution in [1.82, 2.24) is 15.6 Å². The molecular formula is C12H15N3O2S. The lowest BCUT2D eigenvalue weighted by Gasteiger charge is -2.15. The Labute approximate surface area is 110 Å². The molecule has 0 unspecified atom stereocenters. The number of hydrogen-bond donors (Lipinski definition) is 2. The summed E-state index contributed by atoms with van der Waals surface area (Å²) in [5, 5.41) is 5.54. The molecule has 1 saturated heterocycles. The highest BCUT2D eigenvalue weighted by molar-refractivity contribution is 7.99. The normalized spacial score (nSPS) is 19.8. The van der Waals surface area contributed by atoms with Gasteiger partial charge in [-0.25, -0.2) is 0 Å².